The third kappa shape index (κ3) is 2.74. The molecule has 1 aliphatic heterocycles. The summed E-state index contributed by atoms with van der Waals surface area (Å²) in [6, 6.07) is 0. The summed E-state index contributed by atoms with van der Waals surface area (Å²) in [4.78, 5) is 0. The van der Waals surface area contributed by atoms with Crippen LogP contribution in [-0.4, -0.2) is 32.6 Å². The van der Waals surface area contributed by atoms with E-state index >= 15 is 0 Å². The van der Waals surface area contributed by atoms with E-state index < -0.39 is 0 Å². The van der Waals surface area contributed by atoms with Gasteiger partial charge in [-0.2, -0.15) is 0 Å². The van der Waals surface area contributed by atoms with Gasteiger partial charge in [0.15, 0.2) is 0 Å². The summed E-state index contributed by atoms with van der Waals surface area (Å²) in [5.74, 6) is 1.40. The molecule has 0 aliphatic carbocycles. The second-order valence-corrected chi connectivity index (χ2v) is 5.22. The van der Waals surface area contributed by atoms with Crippen LogP contribution in [0.4, 0.5) is 0 Å². The second kappa shape index (κ2) is 4.68. The number of nitrogens with one attached hydrogen (secondary N) is 1. The summed E-state index contributed by atoms with van der Waals surface area (Å²) in [7, 11) is 8.97. The number of allylic oxidation sites excluding steroid dienone is 1. The van der Waals surface area contributed by atoms with Crippen LogP contribution in [0.5, 0.6) is 0 Å². The monoisotopic (exact) mass is 211 g/mol. The van der Waals surface area contributed by atoms with Crippen LogP contribution in [0.2, 0.25) is 0 Å². The van der Waals surface area contributed by atoms with Crippen molar-refractivity contribution in [2.24, 2.45) is 5.92 Å². The van der Waals surface area contributed by atoms with Crippen molar-refractivity contribution < 1.29 is 4.74 Å². The molecule has 1 rings (SSSR count). The molecule has 0 amide bonds. The quantitative estimate of drug-likeness (QED) is 0.521. The molecular weight excluding hydrogens is 192 g/mol. The lowest BCUT2D eigenvalue weighted by molar-refractivity contribution is 0.200. The molecule has 4 heteroatoms. The lowest BCUT2D eigenvalue weighted by atomic mass is 9.74. The first-order valence-electron chi connectivity index (χ1n) is 5.07. The van der Waals surface area contributed by atoms with Gasteiger partial charge in [-0.15, -0.1) is 9.24 Å². The number of hydrogen-bond acceptors (Lipinski definition) is 2. The van der Waals surface area contributed by atoms with Crippen LogP contribution in [0, 0.1) is 5.92 Å². The van der Waals surface area contributed by atoms with Crippen LogP contribution < -0.4 is 5.32 Å². The Kier molecular flexibility index (Phi) is 4.03. The molecule has 0 saturated carbocycles. The Morgan fingerprint density at radius 3 is 2.79 bits per heavy atom. The Labute approximate surface area is 90.5 Å². The fourth-order valence-corrected chi connectivity index (χ4v) is 2.70. The van der Waals surface area contributed by atoms with Gasteiger partial charge in [0.05, 0.1) is 13.6 Å². The van der Waals surface area contributed by atoms with E-state index in [-0.39, 0.29) is 5.06 Å². The lowest BCUT2D eigenvalue weighted by Crippen LogP contribution is -2.42. The Morgan fingerprint density at radius 1 is 1.57 bits per heavy atom. The van der Waals surface area contributed by atoms with Crippen molar-refractivity contribution in [3.63, 3.8) is 0 Å². The minimum absolute atomic E-state index is 0.376. The molecule has 2 atom stereocenters. The zero-order chi connectivity index (χ0) is 10.8. The van der Waals surface area contributed by atoms with Gasteiger partial charge in [0.2, 0.25) is 0 Å². The zero-order valence-corrected chi connectivity index (χ0v) is 10.4. The molecule has 2 nitrogen and oxygen atoms in total. The SMILES string of the molecule is [B]C1(P)CNCCOC(C)=C1C(C)C. The van der Waals surface area contributed by atoms with Crippen molar-refractivity contribution >= 4 is 17.1 Å². The van der Waals surface area contributed by atoms with E-state index in [1.54, 1.807) is 0 Å². The number of hydrogen-bond donors (Lipinski definition) is 1. The van der Waals surface area contributed by atoms with Crippen molar-refractivity contribution in [3.8, 4) is 0 Å². The summed E-state index contributed by atoms with van der Waals surface area (Å²) >= 11 is 0. The van der Waals surface area contributed by atoms with Gasteiger partial charge in [0, 0.05) is 13.1 Å². The second-order valence-electron chi connectivity index (χ2n) is 4.19. The van der Waals surface area contributed by atoms with E-state index in [4.69, 9.17) is 12.6 Å². The largest absolute Gasteiger partial charge is 0.497 e. The smallest absolute Gasteiger partial charge is 0.100 e. The maximum Gasteiger partial charge on any atom is 0.100 e. The summed E-state index contributed by atoms with van der Waals surface area (Å²) in [5.41, 5.74) is 1.19. The Balaban J connectivity index is 3.01. The molecule has 2 radical (unpaired) electrons. The number of rotatable bonds is 1. The van der Waals surface area contributed by atoms with Crippen molar-refractivity contribution in [1.82, 2.24) is 5.32 Å². The van der Waals surface area contributed by atoms with E-state index in [9.17, 15) is 0 Å². The van der Waals surface area contributed by atoms with Crippen molar-refractivity contribution in [2.45, 2.75) is 25.8 Å². The standard InChI is InChI=1S/C10H19BNOP/c1-7(2)9-8(3)13-5-4-12-6-10(9,11)14/h7,12H,4-6,14H2,1-3H3. The van der Waals surface area contributed by atoms with Gasteiger partial charge in [0.1, 0.15) is 6.61 Å². The summed E-state index contributed by atoms with van der Waals surface area (Å²) in [6.45, 7) is 8.67. The van der Waals surface area contributed by atoms with Gasteiger partial charge in [-0.3, -0.25) is 0 Å². The van der Waals surface area contributed by atoms with E-state index in [1.165, 1.54) is 5.57 Å². The molecular formula is C10H19BNOP. The van der Waals surface area contributed by atoms with E-state index in [0.29, 0.717) is 5.92 Å². The molecule has 1 aliphatic rings. The minimum Gasteiger partial charge on any atom is -0.497 e. The molecule has 2 unspecified atom stereocenters. The highest BCUT2D eigenvalue weighted by atomic mass is 31.0. The topological polar surface area (TPSA) is 21.3 Å². The minimum atomic E-state index is -0.376. The molecule has 0 saturated heterocycles. The van der Waals surface area contributed by atoms with E-state index in [2.05, 4.69) is 28.4 Å². The highest BCUT2D eigenvalue weighted by Gasteiger charge is 2.28. The Bertz CT molecular complexity index is 238. The van der Waals surface area contributed by atoms with Crippen LogP contribution >= 0.6 is 9.24 Å². The van der Waals surface area contributed by atoms with Gasteiger partial charge < -0.3 is 10.1 Å². The van der Waals surface area contributed by atoms with Gasteiger partial charge in [0.25, 0.3) is 0 Å². The average Bonchev–Trinajstić information content (AvgIpc) is 1.99. The lowest BCUT2D eigenvalue weighted by Gasteiger charge is -2.35. The van der Waals surface area contributed by atoms with E-state index in [0.717, 1.165) is 25.5 Å². The van der Waals surface area contributed by atoms with Crippen molar-refractivity contribution in [1.29, 1.82) is 0 Å². The molecule has 0 aromatic carbocycles. The highest BCUT2D eigenvalue weighted by Crippen LogP contribution is 2.33. The van der Waals surface area contributed by atoms with Crippen LogP contribution in [0.25, 0.3) is 0 Å². The molecule has 1 heterocycles. The maximum absolute atomic E-state index is 6.25. The third-order valence-electron chi connectivity index (χ3n) is 2.47. The third-order valence-corrected chi connectivity index (χ3v) is 2.99. The maximum atomic E-state index is 6.25. The van der Waals surface area contributed by atoms with Gasteiger partial charge >= 0.3 is 0 Å². The molecule has 0 fully saturated rings. The molecule has 78 valence electrons. The normalized spacial score (nSPS) is 29.8. The molecule has 14 heavy (non-hydrogen) atoms. The molecule has 0 aromatic rings. The van der Waals surface area contributed by atoms with Crippen molar-refractivity contribution in [2.75, 3.05) is 19.7 Å². The predicted octanol–water partition coefficient (Wildman–Crippen LogP) is 1.28. The molecule has 0 bridgehead atoms. The first-order chi connectivity index (χ1) is 6.45. The molecule has 0 spiro atoms. The van der Waals surface area contributed by atoms with Gasteiger partial charge in [-0.25, -0.2) is 0 Å². The van der Waals surface area contributed by atoms with Crippen molar-refractivity contribution in [3.05, 3.63) is 11.3 Å². The Hall–Kier alpha value is -0.00506. The first kappa shape index (κ1) is 12.1. The molecule has 0 aromatic heterocycles. The highest BCUT2D eigenvalue weighted by molar-refractivity contribution is 7.23. The van der Waals surface area contributed by atoms with Crippen LogP contribution in [-0.2, 0) is 4.74 Å². The van der Waals surface area contributed by atoms with Crippen LogP contribution in [0.3, 0.4) is 0 Å². The number of ether oxygens (including phenoxy) is 1. The van der Waals surface area contributed by atoms with Gasteiger partial charge in [-0.1, -0.05) is 13.8 Å². The molecule has 1 N–H and O–H groups in total. The fraction of sp³-hybridized carbons (Fsp3) is 0.800. The summed E-state index contributed by atoms with van der Waals surface area (Å²) in [5, 5.41) is 2.90. The zero-order valence-electron chi connectivity index (χ0n) is 9.26. The van der Waals surface area contributed by atoms with Gasteiger partial charge in [-0.05, 0) is 23.5 Å². The summed E-state index contributed by atoms with van der Waals surface area (Å²) < 4.78 is 5.62. The predicted molar refractivity (Wildman–Crippen MR) is 64.6 cm³/mol. The first-order valence-corrected chi connectivity index (χ1v) is 5.65. The van der Waals surface area contributed by atoms with Crippen LogP contribution in [0.1, 0.15) is 20.8 Å². The summed E-state index contributed by atoms with van der Waals surface area (Å²) in [6.07, 6.45) is 0. The fourth-order valence-electron chi connectivity index (χ4n) is 2.02. The van der Waals surface area contributed by atoms with Crippen LogP contribution in [0.15, 0.2) is 11.3 Å². The Morgan fingerprint density at radius 2 is 2.21 bits per heavy atom. The van der Waals surface area contributed by atoms with E-state index in [1.807, 2.05) is 6.92 Å². The average molecular weight is 211 g/mol.